The van der Waals surface area contributed by atoms with Crippen LogP contribution in [0.4, 0.5) is 5.69 Å². The molecule has 0 aliphatic heterocycles. The molecule has 168 valence electrons. The number of para-hydroxylation sites is 2. The lowest BCUT2D eigenvalue weighted by molar-refractivity contribution is 0.0773. The summed E-state index contributed by atoms with van der Waals surface area (Å²) in [7, 11) is -0.836. The Bertz CT molecular complexity index is 1180. The van der Waals surface area contributed by atoms with Gasteiger partial charge in [-0.1, -0.05) is 29.8 Å². The van der Waals surface area contributed by atoms with Crippen LogP contribution in [0.2, 0.25) is 5.02 Å². The highest BCUT2D eigenvalue weighted by Crippen LogP contribution is 2.26. The molecule has 0 heterocycles. The molecule has 3 aromatic rings. The first-order chi connectivity index (χ1) is 15.3. The number of rotatable bonds is 9. The van der Waals surface area contributed by atoms with E-state index in [4.69, 9.17) is 21.1 Å². The van der Waals surface area contributed by atoms with Crippen LogP contribution in [0.1, 0.15) is 10.4 Å². The topological polar surface area (TPSA) is 84.9 Å². The van der Waals surface area contributed by atoms with Gasteiger partial charge in [0.25, 0.3) is 15.9 Å². The number of carbonyl (C=O) groups is 1. The van der Waals surface area contributed by atoms with Gasteiger partial charge in [-0.3, -0.25) is 9.52 Å². The maximum absolute atomic E-state index is 12.8. The average molecular weight is 475 g/mol. The number of sulfonamides is 1. The van der Waals surface area contributed by atoms with Crippen LogP contribution >= 0.6 is 11.6 Å². The average Bonchev–Trinajstić information content (AvgIpc) is 2.80. The first kappa shape index (κ1) is 23.4. The Kier molecular flexibility index (Phi) is 7.61. The summed E-state index contributed by atoms with van der Waals surface area (Å²) in [5.41, 5.74) is 0.560. The van der Waals surface area contributed by atoms with Gasteiger partial charge in [-0.15, -0.1) is 0 Å². The van der Waals surface area contributed by atoms with E-state index in [1.54, 1.807) is 61.6 Å². The minimum absolute atomic E-state index is 0.0277. The number of amides is 1. The zero-order chi connectivity index (χ0) is 23.1. The number of methoxy groups -OCH3 is 1. The van der Waals surface area contributed by atoms with Crippen molar-refractivity contribution in [1.82, 2.24) is 4.90 Å². The van der Waals surface area contributed by atoms with Gasteiger partial charge in [0, 0.05) is 17.6 Å². The first-order valence-corrected chi connectivity index (χ1v) is 11.6. The molecular formula is C23H23ClN2O5S. The monoisotopic (exact) mass is 474 g/mol. The Morgan fingerprint density at radius 3 is 2.47 bits per heavy atom. The van der Waals surface area contributed by atoms with Gasteiger partial charge in [-0.25, -0.2) is 8.42 Å². The van der Waals surface area contributed by atoms with E-state index in [0.29, 0.717) is 28.8 Å². The molecule has 9 heteroatoms. The van der Waals surface area contributed by atoms with E-state index >= 15 is 0 Å². The molecule has 7 nitrogen and oxygen atoms in total. The van der Waals surface area contributed by atoms with Crippen LogP contribution in [-0.4, -0.2) is 46.5 Å². The number of ether oxygens (including phenoxy) is 2. The van der Waals surface area contributed by atoms with Gasteiger partial charge < -0.3 is 14.4 Å². The number of nitrogens with one attached hydrogen (secondary N) is 1. The highest BCUT2D eigenvalue weighted by molar-refractivity contribution is 7.92. The molecule has 1 N–H and O–H groups in total. The van der Waals surface area contributed by atoms with Gasteiger partial charge in [0.05, 0.1) is 24.2 Å². The minimum Gasteiger partial charge on any atom is -0.495 e. The third kappa shape index (κ3) is 5.93. The SMILES string of the molecule is COc1ccccc1NS(=O)(=O)c1cccc(C(=O)N(C)CCOc2ccc(Cl)cc2)c1. The molecule has 0 aromatic heterocycles. The fraction of sp³-hybridized carbons (Fsp3) is 0.174. The third-order valence-electron chi connectivity index (χ3n) is 4.60. The quantitative estimate of drug-likeness (QED) is 0.499. The number of anilines is 1. The van der Waals surface area contributed by atoms with Gasteiger partial charge in [0.15, 0.2) is 0 Å². The third-order valence-corrected chi connectivity index (χ3v) is 6.21. The summed E-state index contributed by atoms with van der Waals surface area (Å²) in [5, 5.41) is 0.611. The molecule has 0 spiro atoms. The fourth-order valence-corrected chi connectivity index (χ4v) is 4.12. The zero-order valence-corrected chi connectivity index (χ0v) is 19.2. The van der Waals surface area contributed by atoms with Crippen molar-refractivity contribution >= 4 is 33.2 Å². The molecule has 0 aliphatic carbocycles. The van der Waals surface area contributed by atoms with Gasteiger partial charge in [0.1, 0.15) is 18.1 Å². The number of likely N-dealkylation sites (N-methyl/N-ethyl adjacent to an activating group) is 1. The minimum atomic E-state index is -3.92. The van der Waals surface area contributed by atoms with Gasteiger partial charge in [-0.2, -0.15) is 0 Å². The van der Waals surface area contributed by atoms with Crippen LogP contribution in [0, 0.1) is 0 Å². The van der Waals surface area contributed by atoms with Gasteiger partial charge in [-0.05, 0) is 54.6 Å². The molecule has 0 fully saturated rings. The Hall–Kier alpha value is -3.23. The van der Waals surface area contributed by atoms with Crippen molar-refractivity contribution < 1.29 is 22.7 Å². The Balaban J connectivity index is 1.67. The van der Waals surface area contributed by atoms with E-state index in [1.165, 1.54) is 30.2 Å². The lowest BCUT2D eigenvalue weighted by atomic mass is 10.2. The summed E-state index contributed by atoms with van der Waals surface area (Å²) in [6.45, 7) is 0.592. The van der Waals surface area contributed by atoms with E-state index in [0.717, 1.165) is 0 Å². The van der Waals surface area contributed by atoms with Crippen LogP contribution in [0.15, 0.2) is 77.7 Å². The molecule has 1 amide bonds. The first-order valence-electron chi connectivity index (χ1n) is 9.70. The van der Waals surface area contributed by atoms with Crippen LogP contribution < -0.4 is 14.2 Å². The summed E-state index contributed by atoms with van der Waals surface area (Å²) >= 11 is 5.85. The van der Waals surface area contributed by atoms with E-state index in [1.807, 2.05) is 0 Å². The number of benzene rings is 3. The summed E-state index contributed by atoms with van der Waals surface area (Å²) in [6, 6.07) is 19.5. The molecule has 0 atom stereocenters. The van der Waals surface area contributed by atoms with E-state index < -0.39 is 10.0 Å². The second kappa shape index (κ2) is 10.4. The second-order valence-corrected chi connectivity index (χ2v) is 8.98. The van der Waals surface area contributed by atoms with E-state index in [9.17, 15) is 13.2 Å². The van der Waals surface area contributed by atoms with Crippen molar-refractivity contribution in [3.63, 3.8) is 0 Å². The second-order valence-electron chi connectivity index (χ2n) is 6.86. The molecule has 0 saturated carbocycles. The summed E-state index contributed by atoms with van der Waals surface area (Å²) in [4.78, 5) is 14.2. The standard InChI is InChI=1S/C23H23ClN2O5S/c1-26(14-15-31-19-12-10-18(24)11-13-19)23(27)17-6-5-7-20(16-17)32(28,29)25-21-8-3-4-9-22(21)30-2/h3-13,16,25H,14-15H2,1-2H3. The fourth-order valence-electron chi connectivity index (χ4n) is 2.88. The number of halogens is 1. The van der Waals surface area contributed by atoms with Crippen molar-refractivity contribution in [2.24, 2.45) is 0 Å². The number of hydrogen-bond donors (Lipinski definition) is 1. The lowest BCUT2D eigenvalue weighted by Gasteiger charge is -2.18. The van der Waals surface area contributed by atoms with Crippen LogP contribution in [0.5, 0.6) is 11.5 Å². The van der Waals surface area contributed by atoms with Crippen LogP contribution in [0.25, 0.3) is 0 Å². The predicted molar refractivity (Wildman–Crippen MR) is 124 cm³/mol. The molecule has 3 rings (SSSR count). The highest BCUT2D eigenvalue weighted by Gasteiger charge is 2.19. The predicted octanol–water partition coefficient (Wildman–Crippen LogP) is 4.30. The van der Waals surface area contributed by atoms with Crippen LogP contribution in [-0.2, 0) is 10.0 Å². The number of hydrogen-bond acceptors (Lipinski definition) is 5. The molecule has 3 aromatic carbocycles. The Labute approximate surface area is 192 Å². The molecule has 0 radical (unpaired) electrons. The molecular weight excluding hydrogens is 452 g/mol. The van der Waals surface area contributed by atoms with Gasteiger partial charge >= 0.3 is 0 Å². The smallest absolute Gasteiger partial charge is 0.262 e. The molecule has 32 heavy (non-hydrogen) atoms. The summed E-state index contributed by atoms with van der Waals surface area (Å²) in [6.07, 6.45) is 0. The van der Waals surface area contributed by atoms with Gasteiger partial charge in [0.2, 0.25) is 0 Å². The molecule has 0 saturated heterocycles. The molecule has 0 bridgehead atoms. The Morgan fingerprint density at radius 2 is 1.75 bits per heavy atom. The number of carbonyl (C=O) groups excluding carboxylic acids is 1. The lowest BCUT2D eigenvalue weighted by Crippen LogP contribution is -2.31. The van der Waals surface area contributed by atoms with E-state index in [2.05, 4.69) is 4.72 Å². The summed E-state index contributed by atoms with van der Waals surface area (Å²) in [5.74, 6) is 0.716. The van der Waals surface area contributed by atoms with E-state index in [-0.39, 0.29) is 23.0 Å². The van der Waals surface area contributed by atoms with Crippen molar-refractivity contribution in [3.8, 4) is 11.5 Å². The zero-order valence-electron chi connectivity index (χ0n) is 17.6. The van der Waals surface area contributed by atoms with Crippen molar-refractivity contribution in [2.45, 2.75) is 4.90 Å². The van der Waals surface area contributed by atoms with Crippen molar-refractivity contribution in [1.29, 1.82) is 0 Å². The highest BCUT2D eigenvalue weighted by atomic mass is 35.5. The maximum Gasteiger partial charge on any atom is 0.262 e. The van der Waals surface area contributed by atoms with Crippen molar-refractivity contribution in [3.05, 3.63) is 83.4 Å². The van der Waals surface area contributed by atoms with Crippen molar-refractivity contribution in [2.75, 3.05) is 32.0 Å². The molecule has 0 unspecified atom stereocenters. The van der Waals surface area contributed by atoms with Crippen LogP contribution in [0.3, 0.4) is 0 Å². The molecule has 0 aliphatic rings. The largest absolute Gasteiger partial charge is 0.495 e. The normalized spacial score (nSPS) is 11.0. The number of nitrogens with zero attached hydrogens (tertiary/aromatic N) is 1. The summed E-state index contributed by atoms with van der Waals surface area (Å²) < 4.78 is 39.0. The maximum atomic E-state index is 12.8. The Morgan fingerprint density at radius 1 is 1.03 bits per heavy atom.